The highest BCUT2D eigenvalue weighted by molar-refractivity contribution is 14.1. The highest BCUT2D eigenvalue weighted by atomic mass is 127. The number of esters is 1. The lowest BCUT2D eigenvalue weighted by atomic mass is 9.95. The maximum absolute atomic E-state index is 13.5. The molecule has 3 aromatic carbocycles. The van der Waals surface area contributed by atoms with Crippen molar-refractivity contribution in [3.05, 3.63) is 95.5 Å². The Bertz CT molecular complexity index is 1600. The number of hydrogen-bond acceptors (Lipinski definition) is 9. The Hall–Kier alpha value is -3.64. The number of methoxy groups -OCH3 is 1. The summed E-state index contributed by atoms with van der Waals surface area (Å²) in [4.78, 5) is 24.6. The molecule has 0 aliphatic carbocycles. The van der Waals surface area contributed by atoms with E-state index in [-0.39, 0.29) is 24.6 Å². The summed E-state index contributed by atoms with van der Waals surface area (Å²) < 4.78 is 37.6. The summed E-state index contributed by atoms with van der Waals surface area (Å²) in [6.45, 7) is 3.84. The van der Waals surface area contributed by atoms with Crippen LogP contribution in [-0.4, -0.2) is 49.9 Å². The van der Waals surface area contributed by atoms with Crippen molar-refractivity contribution >= 4 is 63.4 Å². The van der Waals surface area contributed by atoms with Crippen molar-refractivity contribution in [2.45, 2.75) is 32.7 Å². The van der Waals surface area contributed by atoms with E-state index in [1.165, 1.54) is 19.2 Å². The van der Waals surface area contributed by atoms with Crippen LogP contribution in [0.5, 0.6) is 17.2 Å². The van der Waals surface area contributed by atoms with Crippen molar-refractivity contribution in [1.82, 2.24) is 16.1 Å². The van der Waals surface area contributed by atoms with Crippen molar-refractivity contribution in [1.29, 1.82) is 0 Å². The van der Waals surface area contributed by atoms with Gasteiger partial charge in [0.1, 0.15) is 24.8 Å². The first-order valence-electron chi connectivity index (χ1n) is 13.7. The first-order valence-corrected chi connectivity index (χ1v) is 15.8. The first-order chi connectivity index (χ1) is 21.6. The van der Waals surface area contributed by atoms with E-state index in [0.29, 0.717) is 35.1 Å². The van der Waals surface area contributed by atoms with E-state index in [1.54, 1.807) is 43.5 Å². The maximum atomic E-state index is 13.5. The zero-order valence-corrected chi connectivity index (χ0v) is 28.8. The Morgan fingerprint density at radius 3 is 2.56 bits per heavy atom. The van der Waals surface area contributed by atoms with Crippen molar-refractivity contribution in [3.63, 3.8) is 0 Å². The minimum atomic E-state index is -1.15. The molecule has 1 aliphatic heterocycles. The Kier molecular flexibility index (Phi) is 12.2. The SMILES string of the molecule is CCOc1cc([C@@H]2NC(=O)NC(C)=C2C(=O)OC)ccc1OC[C@H](O)N/N=C\c1cc(I)c(OCc2cccc(F)c2)c(I)c1. The van der Waals surface area contributed by atoms with Crippen molar-refractivity contribution in [2.75, 3.05) is 20.3 Å². The second-order valence-corrected chi connectivity index (χ2v) is 12.0. The summed E-state index contributed by atoms with van der Waals surface area (Å²) in [6, 6.07) is 13.8. The molecule has 0 fully saturated rings. The van der Waals surface area contributed by atoms with E-state index in [0.717, 1.165) is 18.3 Å². The molecule has 0 aromatic heterocycles. The minimum absolute atomic E-state index is 0.158. The van der Waals surface area contributed by atoms with Crippen molar-refractivity contribution in [2.24, 2.45) is 5.10 Å². The molecule has 0 bridgehead atoms. The van der Waals surface area contributed by atoms with Crippen LogP contribution in [0, 0.1) is 13.0 Å². The summed E-state index contributed by atoms with van der Waals surface area (Å²) in [5.74, 6) is 0.512. The highest BCUT2D eigenvalue weighted by Crippen LogP contribution is 2.35. The molecule has 0 saturated heterocycles. The Balaban J connectivity index is 1.37. The molecule has 11 nitrogen and oxygen atoms in total. The van der Waals surface area contributed by atoms with E-state index in [2.05, 4.69) is 66.3 Å². The number of nitrogens with one attached hydrogen (secondary N) is 3. The topological polar surface area (TPSA) is 140 Å². The smallest absolute Gasteiger partial charge is 0.337 e. The van der Waals surface area contributed by atoms with Gasteiger partial charge in [-0.25, -0.2) is 14.0 Å². The highest BCUT2D eigenvalue weighted by Gasteiger charge is 2.32. The molecule has 238 valence electrons. The van der Waals surface area contributed by atoms with E-state index in [9.17, 15) is 19.1 Å². The Morgan fingerprint density at radius 2 is 1.87 bits per heavy atom. The van der Waals surface area contributed by atoms with Gasteiger partial charge < -0.3 is 34.7 Å². The standard InChI is InChI=1S/C31H31FI2N4O7/c1-4-43-25-13-20(28-27(30(40)42-3)17(2)36-31(41)37-28)8-9-24(25)44-16-26(39)38-35-14-19-11-22(33)29(23(34)12-19)45-15-18-6-5-7-21(32)10-18/h5-14,26,28,38-39H,4,15-16H2,1-3H3,(H2,36,37,41)/b35-14-/t26-,28-/m0/s1. The van der Waals surface area contributed by atoms with Gasteiger partial charge in [0.05, 0.1) is 38.7 Å². The van der Waals surface area contributed by atoms with Crippen LogP contribution in [0.2, 0.25) is 0 Å². The Labute approximate surface area is 286 Å². The lowest BCUT2D eigenvalue weighted by Crippen LogP contribution is -2.45. The summed E-state index contributed by atoms with van der Waals surface area (Å²) in [7, 11) is 1.27. The van der Waals surface area contributed by atoms with Crippen LogP contribution in [0.1, 0.15) is 36.6 Å². The van der Waals surface area contributed by atoms with Crippen molar-refractivity contribution < 1.29 is 38.0 Å². The molecule has 1 heterocycles. The summed E-state index contributed by atoms with van der Waals surface area (Å²) in [5, 5.41) is 19.9. The third kappa shape index (κ3) is 9.20. The van der Waals surface area contributed by atoms with Gasteiger partial charge in [0.2, 0.25) is 0 Å². The van der Waals surface area contributed by atoms with Gasteiger partial charge in [0, 0.05) is 5.70 Å². The van der Waals surface area contributed by atoms with Gasteiger partial charge in [0.15, 0.2) is 17.7 Å². The molecule has 0 radical (unpaired) electrons. The molecule has 45 heavy (non-hydrogen) atoms. The van der Waals surface area contributed by atoms with E-state index in [1.807, 2.05) is 19.1 Å². The van der Waals surface area contributed by atoms with Crippen LogP contribution < -0.4 is 30.3 Å². The van der Waals surface area contributed by atoms with Gasteiger partial charge in [-0.15, -0.1) is 0 Å². The molecular formula is C31H31FI2N4O7. The quantitative estimate of drug-likeness (QED) is 0.0611. The Morgan fingerprint density at radius 1 is 1.11 bits per heavy atom. The van der Waals surface area contributed by atoms with E-state index >= 15 is 0 Å². The van der Waals surface area contributed by atoms with E-state index in [4.69, 9.17) is 18.9 Å². The molecule has 1 aliphatic rings. The van der Waals surface area contributed by atoms with Crippen LogP contribution in [0.15, 0.2) is 71.0 Å². The fraction of sp³-hybridized carbons (Fsp3) is 0.258. The fourth-order valence-electron chi connectivity index (χ4n) is 4.39. The molecule has 3 aromatic rings. The summed E-state index contributed by atoms with van der Waals surface area (Å²) in [5.41, 5.74) is 5.37. The summed E-state index contributed by atoms with van der Waals surface area (Å²) >= 11 is 4.33. The lowest BCUT2D eigenvalue weighted by Gasteiger charge is -2.28. The second-order valence-electron chi connectivity index (χ2n) is 9.65. The number of aliphatic hydroxyl groups is 1. The predicted molar refractivity (Wildman–Crippen MR) is 182 cm³/mol. The third-order valence-electron chi connectivity index (χ3n) is 6.40. The van der Waals surface area contributed by atoms with Gasteiger partial charge >= 0.3 is 12.0 Å². The number of hydrogen-bond donors (Lipinski definition) is 4. The van der Waals surface area contributed by atoms with Crippen LogP contribution in [0.3, 0.4) is 0 Å². The largest absolute Gasteiger partial charge is 0.490 e. The number of halogens is 3. The number of aliphatic hydroxyl groups excluding tert-OH is 1. The number of amides is 2. The number of urea groups is 1. The monoisotopic (exact) mass is 844 g/mol. The number of ether oxygens (including phenoxy) is 4. The summed E-state index contributed by atoms with van der Waals surface area (Å²) in [6.07, 6.45) is 0.411. The van der Waals surface area contributed by atoms with Crippen LogP contribution in [-0.2, 0) is 16.1 Å². The number of carbonyl (C=O) groups is 2. The maximum Gasteiger partial charge on any atom is 0.337 e. The molecule has 0 spiro atoms. The normalized spacial score (nSPS) is 15.3. The number of allylic oxidation sites excluding steroid dienone is 1. The van der Waals surface area contributed by atoms with E-state index < -0.39 is 24.3 Å². The molecule has 4 rings (SSSR count). The van der Waals surface area contributed by atoms with Gasteiger partial charge in [0.25, 0.3) is 0 Å². The zero-order chi connectivity index (χ0) is 32.5. The first kappa shape index (κ1) is 34.2. The van der Waals surface area contributed by atoms with Crippen molar-refractivity contribution in [3.8, 4) is 17.2 Å². The number of carbonyl (C=O) groups excluding carboxylic acids is 2. The average molecular weight is 844 g/mol. The average Bonchev–Trinajstić information content (AvgIpc) is 2.99. The molecule has 14 heteroatoms. The molecule has 2 amide bonds. The minimum Gasteiger partial charge on any atom is -0.490 e. The van der Waals surface area contributed by atoms with Gasteiger partial charge in [-0.1, -0.05) is 18.2 Å². The fourth-order valence-corrected chi connectivity index (χ4v) is 6.52. The number of benzene rings is 3. The molecule has 0 unspecified atom stereocenters. The zero-order valence-electron chi connectivity index (χ0n) is 24.5. The molecule has 0 saturated carbocycles. The number of hydrazone groups is 1. The van der Waals surface area contributed by atoms with Crippen LogP contribution in [0.25, 0.3) is 0 Å². The van der Waals surface area contributed by atoms with Gasteiger partial charge in [-0.05, 0) is 112 Å². The number of nitrogens with zero attached hydrogens (tertiary/aromatic N) is 1. The van der Waals surface area contributed by atoms with Gasteiger partial charge in [-0.3, -0.25) is 5.43 Å². The lowest BCUT2D eigenvalue weighted by molar-refractivity contribution is -0.136. The van der Waals surface area contributed by atoms with Crippen LogP contribution in [0.4, 0.5) is 9.18 Å². The molecular weight excluding hydrogens is 813 g/mol. The van der Waals surface area contributed by atoms with Crippen LogP contribution >= 0.6 is 45.2 Å². The number of rotatable bonds is 13. The molecule has 2 atom stereocenters. The molecule has 4 N–H and O–H groups in total. The third-order valence-corrected chi connectivity index (χ3v) is 8.00. The van der Waals surface area contributed by atoms with Gasteiger partial charge in [-0.2, -0.15) is 5.10 Å². The predicted octanol–water partition coefficient (Wildman–Crippen LogP) is 5.13. The second kappa shape index (κ2) is 16.1.